The van der Waals surface area contributed by atoms with E-state index in [1.807, 2.05) is 30.3 Å². The van der Waals surface area contributed by atoms with Crippen LogP contribution in [0.2, 0.25) is 10.0 Å². The Bertz CT molecular complexity index is 804. The van der Waals surface area contributed by atoms with Crippen molar-refractivity contribution >= 4 is 40.9 Å². The standard InChI is InChI=1S/C20H19Cl2NO4/c1-13(24)18(10-14-6-3-2-4-7-14)23-19(25)12-27-20(26)11-15-16(21)8-5-9-17(15)22/h2-9,18H,10-12H2,1H3,(H,23,25)/t18-/m1/s1. The first kappa shape index (κ1) is 20.9. The molecular weight excluding hydrogens is 389 g/mol. The number of hydrogen-bond acceptors (Lipinski definition) is 4. The van der Waals surface area contributed by atoms with E-state index in [0.29, 0.717) is 22.0 Å². The number of benzene rings is 2. The van der Waals surface area contributed by atoms with Crippen molar-refractivity contribution in [3.05, 3.63) is 69.7 Å². The van der Waals surface area contributed by atoms with Crippen LogP contribution in [0.15, 0.2) is 48.5 Å². The van der Waals surface area contributed by atoms with Gasteiger partial charge in [-0.3, -0.25) is 14.4 Å². The van der Waals surface area contributed by atoms with Crippen molar-refractivity contribution in [2.75, 3.05) is 6.61 Å². The highest BCUT2D eigenvalue weighted by Crippen LogP contribution is 2.24. The normalized spacial score (nSPS) is 11.5. The summed E-state index contributed by atoms with van der Waals surface area (Å²) in [6.45, 7) is 0.915. The molecule has 0 fully saturated rings. The monoisotopic (exact) mass is 407 g/mol. The summed E-state index contributed by atoms with van der Waals surface area (Å²) in [5, 5.41) is 3.29. The van der Waals surface area contributed by atoms with Crippen molar-refractivity contribution in [1.29, 1.82) is 0 Å². The van der Waals surface area contributed by atoms with Crippen LogP contribution in [0, 0.1) is 0 Å². The maximum absolute atomic E-state index is 12.0. The topological polar surface area (TPSA) is 72.5 Å². The molecule has 0 aliphatic heterocycles. The zero-order chi connectivity index (χ0) is 19.8. The number of amides is 1. The van der Waals surface area contributed by atoms with Gasteiger partial charge in [-0.05, 0) is 31.0 Å². The number of carbonyl (C=O) groups excluding carboxylic acids is 3. The molecule has 142 valence electrons. The Hall–Kier alpha value is -2.37. The van der Waals surface area contributed by atoms with Gasteiger partial charge < -0.3 is 10.1 Å². The molecule has 0 aromatic heterocycles. The average Bonchev–Trinajstić information content (AvgIpc) is 2.63. The van der Waals surface area contributed by atoms with E-state index in [1.54, 1.807) is 18.2 Å². The highest BCUT2D eigenvalue weighted by Gasteiger charge is 2.19. The third kappa shape index (κ3) is 6.70. The second kappa shape index (κ2) is 10.1. The van der Waals surface area contributed by atoms with E-state index in [9.17, 15) is 14.4 Å². The third-order valence-corrected chi connectivity index (χ3v) is 4.56. The number of hydrogen-bond donors (Lipinski definition) is 1. The molecule has 1 N–H and O–H groups in total. The van der Waals surface area contributed by atoms with Crippen molar-refractivity contribution < 1.29 is 19.1 Å². The van der Waals surface area contributed by atoms with Crippen LogP contribution in [-0.2, 0) is 32.0 Å². The molecule has 0 radical (unpaired) electrons. The highest BCUT2D eigenvalue weighted by molar-refractivity contribution is 6.36. The molecule has 5 nitrogen and oxygen atoms in total. The van der Waals surface area contributed by atoms with Gasteiger partial charge in [-0.15, -0.1) is 0 Å². The van der Waals surface area contributed by atoms with Crippen LogP contribution in [-0.4, -0.2) is 30.3 Å². The number of ketones is 1. The maximum Gasteiger partial charge on any atom is 0.310 e. The third-order valence-electron chi connectivity index (χ3n) is 3.86. The Morgan fingerprint density at radius 2 is 1.63 bits per heavy atom. The zero-order valence-corrected chi connectivity index (χ0v) is 16.2. The molecule has 0 saturated heterocycles. The molecule has 1 amide bonds. The van der Waals surface area contributed by atoms with Gasteiger partial charge in [0.05, 0.1) is 12.5 Å². The van der Waals surface area contributed by atoms with Gasteiger partial charge in [0, 0.05) is 15.6 Å². The molecule has 1 atom stereocenters. The van der Waals surface area contributed by atoms with Crippen LogP contribution < -0.4 is 5.32 Å². The van der Waals surface area contributed by atoms with Crippen LogP contribution in [0.25, 0.3) is 0 Å². The molecule has 2 aromatic carbocycles. The maximum atomic E-state index is 12.0. The fourth-order valence-electron chi connectivity index (χ4n) is 2.42. The second-order valence-electron chi connectivity index (χ2n) is 5.96. The van der Waals surface area contributed by atoms with E-state index in [2.05, 4.69) is 5.32 Å². The lowest BCUT2D eigenvalue weighted by Gasteiger charge is -2.16. The number of ether oxygens (including phenoxy) is 1. The summed E-state index contributed by atoms with van der Waals surface area (Å²) in [7, 11) is 0. The number of rotatable bonds is 8. The lowest BCUT2D eigenvalue weighted by atomic mass is 10.0. The van der Waals surface area contributed by atoms with Gasteiger partial charge in [-0.2, -0.15) is 0 Å². The Balaban J connectivity index is 1.86. The van der Waals surface area contributed by atoms with Crippen LogP contribution in [0.4, 0.5) is 0 Å². The predicted octanol–water partition coefficient (Wildman–Crippen LogP) is 3.40. The summed E-state index contributed by atoms with van der Waals surface area (Å²) in [5.74, 6) is -1.37. The van der Waals surface area contributed by atoms with Crippen molar-refractivity contribution in [1.82, 2.24) is 5.32 Å². The van der Waals surface area contributed by atoms with Crippen molar-refractivity contribution in [2.45, 2.75) is 25.8 Å². The van der Waals surface area contributed by atoms with Crippen LogP contribution in [0.5, 0.6) is 0 Å². The van der Waals surface area contributed by atoms with E-state index in [1.165, 1.54) is 6.92 Å². The first-order valence-electron chi connectivity index (χ1n) is 8.29. The van der Waals surface area contributed by atoms with Crippen LogP contribution in [0.3, 0.4) is 0 Å². The minimum absolute atomic E-state index is 0.147. The van der Waals surface area contributed by atoms with E-state index in [4.69, 9.17) is 27.9 Å². The molecule has 0 bridgehead atoms. The predicted molar refractivity (Wildman–Crippen MR) is 104 cm³/mol. The molecule has 0 aliphatic rings. The van der Waals surface area contributed by atoms with E-state index < -0.39 is 24.5 Å². The smallest absolute Gasteiger partial charge is 0.310 e. The fourth-order valence-corrected chi connectivity index (χ4v) is 2.96. The summed E-state index contributed by atoms with van der Waals surface area (Å²) in [5.41, 5.74) is 1.36. The number of halogens is 2. The summed E-state index contributed by atoms with van der Waals surface area (Å²) >= 11 is 12.0. The minimum atomic E-state index is -0.684. The van der Waals surface area contributed by atoms with Crippen molar-refractivity contribution in [3.63, 3.8) is 0 Å². The summed E-state index contributed by atoms with van der Waals surface area (Å²) in [4.78, 5) is 35.8. The molecule has 2 aromatic rings. The van der Waals surface area contributed by atoms with Gasteiger partial charge >= 0.3 is 5.97 Å². The molecule has 0 saturated carbocycles. The fraction of sp³-hybridized carbons (Fsp3) is 0.250. The van der Waals surface area contributed by atoms with Crippen molar-refractivity contribution in [2.24, 2.45) is 0 Å². The lowest BCUT2D eigenvalue weighted by molar-refractivity contribution is -0.148. The van der Waals surface area contributed by atoms with Gasteiger partial charge in [0.1, 0.15) is 0 Å². The Kier molecular flexibility index (Phi) is 7.82. The van der Waals surface area contributed by atoms with Crippen LogP contribution >= 0.6 is 23.2 Å². The van der Waals surface area contributed by atoms with Gasteiger partial charge in [0.25, 0.3) is 5.91 Å². The second-order valence-corrected chi connectivity index (χ2v) is 6.77. The van der Waals surface area contributed by atoms with Crippen molar-refractivity contribution in [3.8, 4) is 0 Å². The molecule has 0 aliphatic carbocycles. The minimum Gasteiger partial charge on any atom is -0.455 e. The van der Waals surface area contributed by atoms with E-state index >= 15 is 0 Å². The first-order chi connectivity index (χ1) is 12.9. The molecule has 0 heterocycles. The van der Waals surface area contributed by atoms with E-state index in [0.717, 1.165) is 5.56 Å². The molecule has 2 rings (SSSR count). The quantitative estimate of drug-likeness (QED) is 0.680. The number of carbonyl (C=O) groups is 3. The number of Topliss-reactive ketones (excluding diaryl/α,β-unsaturated/α-hetero) is 1. The average molecular weight is 408 g/mol. The Morgan fingerprint density at radius 3 is 2.22 bits per heavy atom. The van der Waals surface area contributed by atoms with Gasteiger partial charge in [-0.25, -0.2) is 0 Å². The molecular formula is C20H19Cl2NO4. The Morgan fingerprint density at radius 1 is 1.00 bits per heavy atom. The SMILES string of the molecule is CC(=O)[C@@H](Cc1ccccc1)NC(=O)COC(=O)Cc1c(Cl)cccc1Cl. The van der Waals surface area contributed by atoms with Gasteiger partial charge in [-0.1, -0.05) is 59.6 Å². The summed E-state index contributed by atoms with van der Waals surface area (Å²) in [6, 6.07) is 13.5. The van der Waals surface area contributed by atoms with Gasteiger partial charge in [0.2, 0.25) is 0 Å². The number of nitrogens with one attached hydrogen (secondary N) is 1. The lowest BCUT2D eigenvalue weighted by Crippen LogP contribution is -2.43. The van der Waals surface area contributed by atoms with Gasteiger partial charge in [0.15, 0.2) is 12.4 Å². The summed E-state index contributed by atoms with van der Waals surface area (Å²) in [6.07, 6.45) is 0.219. The molecule has 0 unspecified atom stereocenters. The summed E-state index contributed by atoms with van der Waals surface area (Å²) < 4.78 is 4.97. The molecule has 7 heteroatoms. The van der Waals surface area contributed by atoms with Crippen LogP contribution in [0.1, 0.15) is 18.1 Å². The molecule has 27 heavy (non-hydrogen) atoms. The highest BCUT2D eigenvalue weighted by atomic mass is 35.5. The molecule has 0 spiro atoms. The zero-order valence-electron chi connectivity index (χ0n) is 14.7. The largest absolute Gasteiger partial charge is 0.455 e. The Labute approximate surface area is 167 Å². The number of esters is 1. The first-order valence-corrected chi connectivity index (χ1v) is 9.04. The van der Waals surface area contributed by atoms with E-state index in [-0.39, 0.29) is 12.2 Å².